The third-order valence-corrected chi connectivity index (χ3v) is 6.36. The predicted molar refractivity (Wildman–Crippen MR) is 128 cm³/mol. The molecule has 6 heteroatoms. The Morgan fingerprint density at radius 2 is 1.69 bits per heavy atom. The minimum Gasteiger partial charge on any atom is -0.352 e. The lowest BCUT2D eigenvalue weighted by molar-refractivity contribution is -0.135. The van der Waals surface area contributed by atoms with E-state index in [-0.39, 0.29) is 30.7 Å². The third-order valence-electron chi connectivity index (χ3n) is 5.78. The number of hydrogen-bond donors (Lipinski definition) is 1. The van der Waals surface area contributed by atoms with Crippen molar-refractivity contribution in [1.82, 2.24) is 10.2 Å². The molecular weight excluding hydrogens is 443 g/mol. The molecule has 1 aliphatic heterocycles. The molecular formula is C26H24Cl2N2O2. The summed E-state index contributed by atoms with van der Waals surface area (Å²) in [7, 11) is 0. The van der Waals surface area contributed by atoms with E-state index in [1.54, 1.807) is 18.2 Å². The Balaban J connectivity index is 1.41. The molecule has 32 heavy (non-hydrogen) atoms. The third kappa shape index (κ3) is 5.14. The molecule has 0 unspecified atom stereocenters. The highest BCUT2D eigenvalue weighted by atomic mass is 35.5. The fraction of sp³-hybridized carbons (Fsp3) is 0.231. The van der Waals surface area contributed by atoms with Gasteiger partial charge in [-0.05, 0) is 40.8 Å². The van der Waals surface area contributed by atoms with E-state index in [9.17, 15) is 9.59 Å². The quantitative estimate of drug-likeness (QED) is 0.516. The molecule has 2 amide bonds. The normalized spacial score (nSPS) is 15.2. The van der Waals surface area contributed by atoms with Crippen LogP contribution in [0.5, 0.6) is 0 Å². The summed E-state index contributed by atoms with van der Waals surface area (Å²) in [6, 6.07) is 23.4. The van der Waals surface area contributed by atoms with Crippen LogP contribution >= 0.6 is 23.2 Å². The average Bonchev–Trinajstić information content (AvgIpc) is 2.81. The van der Waals surface area contributed by atoms with Crippen LogP contribution < -0.4 is 5.32 Å². The number of nitrogens with zero attached hydrogens (tertiary/aromatic N) is 1. The molecule has 3 aromatic carbocycles. The highest BCUT2D eigenvalue weighted by Gasteiger charge is 2.31. The number of carbonyl (C=O) groups is 2. The molecule has 4 rings (SSSR count). The van der Waals surface area contributed by atoms with E-state index in [2.05, 4.69) is 29.6 Å². The van der Waals surface area contributed by atoms with Crippen molar-refractivity contribution >= 4 is 35.0 Å². The Labute approximate surface area is 198 Å². The van der Waals surface area contributed by atoms with Gasteiger partial charge >= 0.3 is 0 Å². The molecule has 0 aromatic heterocycles. The van der Waals surface area contributed by atoms with Crippen molar-refractivity contribution in [2.75, 3.05) is 6.54 Å². The zero-order chi connectivity index (χ0) is 22.5. The Kier molecular flexibility index (Phi) is 7.13. The second kappa shape index (κ2) is 10.2. The first kappa shape index (κ1) is 22.4. The summed E-state index contributed by atoms with van der Waals surface area (Å²) in [5.41, 5.74) is 4.28. The van der Waals surface area contributed by atoms with Crippen LogP contribution in [0.25, 0.3) is 0 Å². The number of fused-ring (bicyclic) bond motifs is 1. The molecule has 0 saturated heterocycles. The maximum Gasteiger partial charge on any atom is 0.223 e. The van der Waals surface area contributed by atoms with Crippen LogP contribution in [0.4, 0.5) is 0 Å². The first-order valence-electron chi connectivity index (χ1n) is 10.7. The predicted octanol–water partition coefficient (Wildman–Crippen LogP) is 5.56. The fourth-order valence-electron chi connectivity index (χ4n) is 4.14. The molecule has 0 bridgehead atoms. The van der Waals surface area contributed by atoms with Crippen molar-refractivity contribution in [1.29, 1.82) is 0 Å². The lowest BCUT2D eigenvalue weighted by Gasteiger charge is -2.38. The zero-order valence-corrected chi connectivity index (χ0v) is 19.1. The highest BCUT2D eigenvalue weighted by molar-refractivity contribution is 6.35. The van der Waals surface area contributed by atoms with Gasteiger partial charge in [-0.25, -0.2) is 0 Å². The molecule has 164 valence electrons. The topological polar surface area (TPSA) is 49.4 Å². The van der Waals surface area contributed by atoms with E-state index in [0.717, 1.165) is 23.1 Å². The van der Waals surface area contributed by atoms with Crippen molar-refractivity contribution in [3.05, 3.63) is 105 Å². The summed E-state index contributed by atoms with van der Waals surface area (Å²) in [6.45, 7) is 0.935. The van der Waals surface area contributed by atoms with Gasteiger partial charge in [-0.3, -0.25) is 9.59 Å². The molecule has 3 aromatic rings. The zero-order valence-electron chi connectivity index (χ0n) is 17.6. The van der Waals surface area contributed by atoms with Crippen molar-refractivity contribution in [2.45, 2.75) is 31.8 Å². The number of halogens is 2. The first-order chi connectivity index (χ1) is 15.5. The summed E-state index contributed by atoms with van der Waals surface area (Å²) in [4.78, 5) is 27.5. The van der Waals surface area contributed by atoms with Crippen molar-refractivity contribution in [3.8, 4) is 0 Å². The minimum absolute atomic E-state index is 0.0203. The smallest absolute Gasteiger partial charge is 0.223 e. The van der Waals surface area contributed by atoms with Crippen LogP contribution in [0.15, 0.2) is 72.8 Å². The van der Waals surface area contributed by atoms with Gasteiger partial charge in [0.25, 0.3) is 0 Å². The van der Waals surface area contributed by atoms with Crippen LogP contribution in [-0.4, -0.2) is 23.3 Å². The van der Waals surface area contributed by atoms with E-state index in [4.69, 9.17) is 23.2 Å². The number of hydrogen-bond acceptors (Lipinski definition) is 2. The van der Waals surface area contributed by atoms with Gasteiger partial charge in [0, 0.05) is 36.0 Å². The van der Waals surface area contributed by atoms with Gasteiger partial charge in [-0.2, -0.15) is 0 Å². The van der Waals surface area contributed by atoms with Crippen LogP contribution in [-0.2, 0) is 22.6 Å². The van der Waals surface area contributed by atoms with Crippen LogP contribution in [0.1, 0.15) is 41.1 Å². The Morgan fingerprint density at radius 3 is 2.47 bits per heavy atom. The van der Waals surface area contributed by atoms with Gasteiger partial charge in [-0.15, -0.1) is 0 Å². The van der Waals surface area contributed by atoms with Crippen molar-refractivity contribution in [3.63, 3.8) is 0 Å². The summed E-state index contributed by atoms with van der Waals surface area (Å²) < 4.78 is 0. The molecule has 1 atom stereocenters. The number of benzene rings is 3. The number of nitrogens with one attached hydrogen (secondary N) is 1. The Hall–Kier alpha value is -2.82. The van der Waals surface area contributed by atoms with Crippen LogP contribution in [0.2, 0.25) is 10.0 Å². The SMILES string of the molecule is O=C(CCC(=O)N1CCc2ccccc2[C@H]1c1ccccc1)NCc1ccc(Cl)cc1Cl. The first-order valence-corrected chi connectivity index (χ1v) is 11.4. The summed E-state index contributed by atoms with van der Waals surface area (Å²) in [5.74, 6) is -0.203. The van der Waals surface area contributed by atoms with Gasteiger partial charge in [0.15, 0.2) is 0 Å². The molecule has 4 nitrogen and oxygen atoms in total. The van der Waals surface area contributed by atoms with E-state index >= 15 is 0 Å². The average molecular weight is 467 g/mol. The lowest BCUT2D eigenvalue weighted by Crippen LogP contribution is -2.41. The molecule has 0 fully saturated rings. The maximum absolute atomic E-state index is 13.2. The summed E-state index contributed by atoms with van der Waals surface area (Å²) in [5, 5.41) is 3.89. The molecule has 0 aliphatic carbocycles. The van der Waals surface area contributed by atoms with Gasteiger partial charge in [0.2, 0.25) is 11.8 Å². The summed E-state index contributed by atoms with van der Waals surface area (Å²) >= 11 is 12.1. The fourth-order valence-corrected chi connectivity index (χ4v) is 4.62. The monoisotopic (exact) mass is 466 g/mol. The van der Waals surface area contributed by atoms with Gasteiger partial charge in [0.1, 0.15) is 0 Å². The van der Waals surface area contributed by atoms with E-state index in [1.165, 1.54) is 5.56 Å². The van der Waals surface area contributed by atoms with Gasteiger partial charge < -0.3 is 10.2 Å². The summed E-state index contributed by atoms with van der Waals surface area (Å²) in [6.07, 6.45) is 1.10. The molecule has 0 radical (unpaired) electrons. The molecule has 0 spiro atoms. The highest BCUT2D eigenvalue weighted by Crippen LogP contribution is 2.35. The second-order valence-corrected chi connectivity index (χ2v) is 8.71. The van der Waals surface area contributed by atoms with Crippen LogP contribution in [0.3, 0.4) is 0 Å². The number of amides is 2. The van der Waals surface area contributed by atoms with Crippen molar-refractivity contribution in [2.24, 2.45) is 0 Å². The minimum atomic E-state index is -0.182. The largest absolute Gasteiger partial charge is 0.352 e. The Bertz CT molecular complexity index is 1120. The van der Waals surface area contributed by atoms with Crippen molar-refractivity contribution < 1.29 is 9.59 Å². The molecule has 1 aliphatic rings. The second-order valence-electron chi connectivity index (χ2n) is 7.86. The number of carbonyl (C=O) groups excluding carboxylic acids is 2. The molecule has 1 N–H and O–H groups in total. The standard InChI is InChI=1S/C26H24Cl2N2O2/c27-21-11-10-20(23(28)16-21)17-29-24(31)12-13-25(32)30-15-14-18-6-4-5-9-22(18)26(30)19-7-2-1-3-8-19/h1-11,16,26H,12-15,17H2,(H,29,31)/t26-/m1/s1. The van der Waals surface area contributed by atoms with E-state index in [1.807, 2.05) is 35.2 Å². The van der Waals surface area contributed by atoms with E-state index in [0.29, 0.717) is 23.1 Å². The number of rotatable bonds is 6. The van der Waals surface area contributed by atoms with Crippen LogP contribution in [0, 0.1) is 0 Å². The molecule has 0 saturated carbocycles. The van der Waals surface area contributed by atoms with Gasteiger partial charge in [-0.1, -0.05) is 83.9 Å². The van der Waals surface area contributed by atoms with E-state index < -0.39 is 0 Å². The maximum atomic E-state index is 13.2. The lowest BCUT2D eigenvalue weighted by atomic mass is 9.88. The van der Waals surface area contributed by atoms with Gasteiger partial charge in [0.05, 0.1) is 6.04 Å². The molecule has 1 heterocycles. The Morgan fingerprint density at radius 1 is 0.938 bits per heavy atom.